The smallest absolute Gasteiger partial charge is 0.163 e. The summed E-state index contributed by atoms with van der Waals surface area (Å²) >= 11 is 0. The van der Waals surface area contributed by atoms with Gasteiger partial charge in [0, 0.05) is 0 Å². The van der Waals surface area contributed by atoms with Crippen molar-refractivity contribution in [2.75, 3.05) is 0 Å². The maximum Gasteiger partial charge on any atom is 0.163 e. The second kappa shape index (κ2) is 6.69. The Kier molecular flexibility index (Phi) is 4.94. The molecule has 0 radical (unpaired) electrons. The fraction of sp³-hybridized carbons (Fsp3) is 0.294. The molecule has 0 spiro atoms. The van der Waals surface area contributed by atoms with Gasteiger partial charge < -0.3 is 4.43 Å². The zero-order chi connectivity index (χ0) is 13.6. The van der Waals surface area contributed by atoms with Gasteiger partial charge in [-0.25, -0.2) is 0 Å². The van der Waals surface area contributed by atoms with Crippen molar-refractivity contribution in [3.8, 4) is 0 Å². The second-order valence-corrected chi connectivity index (χ2v) is 6.46. The normalized spacial score (nSPS) is 12.1. The third-order valence-electron chi connectivity index (χ3n) is 3.53. The van der Waals surface area contributed by atoms with Crippen LogP contribution in [-0.4, -0.2) is 9.76 Å². The minimum absolute atomic E-state index is 0.259. The minimum atomic E-state index is -0.481. The van der Waals surface area contributed by atoms with Gasteiger partial charge in [-0.2, -0.15) is 0 Å². The molecule has 0 fully saturated rings. The van der Waals surface area contributed by atoms with Crippen LogP contribution in [0.4, 0.5) is 0 Å². The molecule has 0 saturated heterocycles. The second-order valence-electron chi connectivity index (χ2n) is 4.76. The first-order valence-corrected chi connectivity index (χ1v) is 8.66. The van der Waals surface area contributed by atoms with Crippen LogP contribution in [0.2, 0.25) is 6.04 Å². The highest BCUT2D eigenvalue weighted by Crippen LogP contribution is 2.36. The number of benzene rings is 2. The standard InChI is InChI=1S/C17H22OSi/c1-3-17(18-19-4-2,15-11-7-5-8-12-15)16-13-9-6-10-14-16/h5-14H,3-4,19H2,1-2H3. The van der Waals surface area contributed by atoms with Crippen molar-refractivity contribution in [2.45, 2.75) is 31.9 Å². The van der Waals surface area contributed by atoms with E-state index in [1.54, 1.807) is 0 Å². The van der Waals surface area contributed by atoms with Gasteiger partial charge in [0.05, 0.1) is 0 Å². The molecule has 2 heteroatoms. The van der Waals surface area contributed by atoms with E-state index in [1.807, 2.05) is 0 Å². The first kappa shape index (κ1) is 14.0. The molecule has 0 amide bonds. The molecule has 0 N–H and O–H groups in total. The van der Waals surface area contributed by atoms with Crippen LogP contribution in [0.5, 0.6) is 0 Å². The Morgan fingerprint density at radius 2 is 1.32 bits per heavy atom. The van der Waals surface area contributed by atoms with Crippen LogP contribution in [0, 0.1) is 0 Å². The molecule has 0 bridgehead atoms. The van der Waals surface area contributed by atoms with Crippen LogP contribution in [-0.2, 0) is 10.0 Å². The molecule has 0 heterocycles. The molecule has 2 rings (SSSR count). The Labute approximate surface area is 118 Å². The Morgan fingerprint density at radius 1 is 0.842 bits per heavy atom. The lowest BCUT2D eigenvalue weighted by molar-refractivity contribution is 0.112. The lowest BCUT2D eigenvalue weighted by Gasteiger charge is -2.35. The van der Waals surface area contributed by atoms with E-state index in [-0.39, 0.29) is 5.60 Å². The summed E-state index contributed by atoms with van der Waals surface area (Å²) in [7, 11) is -0.481. The summed E-state index contributed by atoms with van der Waals surface area (Å²) in [6.45, 7) is 4.42. The summed E-state index contributed by atoms with van der Waals surface area (Å²) < 4.78 is 6.44. The van der Waals surface area contributed by atoms with E-state index in [1.165, 1.54) is 17.2 Å². The van der Waals surface area contributed by atoms with E-state index < -0.39 is 9.76 Å². The maximum atomic E-state index is 6.44. The van der Waals surface area contributed by atoms with Crippen molar-refractivity contribution >= 4 is 9.76 Å². The van der Waals surface area contributed by atoms with E-state index in [0.717, 1.165) is 6.42 Å². The molecule has 0 aliphatic heterocycles. The van der Waals surface area contributed by atoms with Gasteiger partial charge in [-0.15, -0.1) is 0 Å². The summed E-state index contributed by atoms with van der Waals surface area (Å²) in [6.07, 6.45) is 0.966. The molecule has 0 aliphatic rings. The Balaban J connectivity index is 2.48. The largest absolute Gasteiger partial charge is 0.410 e. The molecular weight excluding hydrogens is 248 g/mol. The van der Waals surface area contributed by atoms with E-state index in [2.05, 4.69) is 74.5 Å². The SMILES string of the molecule is CC[SiH2]OC(CC)(c1ccccc1)c1ccccc1. The van der Waals surface area contributed by atoms with Gasteiger partial charge in [-0.3, -0.25) is 0 Å². The molecule has 0 aliphatic carbocycles. The van der Waals surface area contributed by atoms with Crippen molar-refractivity contribution in [3.63, 3.8) is 0 Å². The lowest BCUT2D eigenvalue weighted by Crippen LogP contribution is -2.32. The van der Waals surface area contributed by atoms with Gasteiger partial charge >= 0.3 is 0 Å². The van der Waals surface area contributed by atoms with E-state index in [0.29, 0.717) is 0 Å². The predicted octanol–water partition coefficient (Wildman–Crippen LogP) is 3.88. The van der Waals surface area contributed by atoms with Crippen molar-refractivity contribution in [1.29, 1.82) is 0 Å². The molecule has 0 atom stereocenters. The van der Waals surface area contributed by atoms with E-state index >= 15 is 0 Å². The Hall–Kier alpha value is -1.38. The van der Waals surface area contributed by atoms with Gasteiger partial charge in [0.25, 0.3) is 0 Å². The fourth-order valence-corrected chi connectivity index (χ4v) is 3.62. The number of hydrogen-bond donors (Lipinski definition) is 0. The Bertz CT molecular complexity index is 442. The fourth-order valence-electron chi connectivity index (χ4n) is 2.53. The summed E-state index contributed by atoms with van der Waals surface area (Å²) in [5.74, 6) is 0. The number of rotatable bonds is 6. The molecule has 0 aromatic heterocycles. The monoisotopic (exact) mass is 270 g/mol. The molecule has 2 aromatic rings. The van der Waals surface area contributed by atoms with Crippen LogP contribution in [0.1, 0.15) is 31.4 Å². The highest BCUT2D eigenvalue weighted by atomic mass is 28.2. The summed E-state index contributed by atoms with van der Waals surface area (Å²) in [5, 5.41) is 0. The van der Waals surface area contributed by atoms with Crippen LogP contribution in [0.15, 0.2) is 60.7 Å². The van der Waals surface area contributed by atoms with Crippen molar-refractivity contribution in [1.82, 2.24) is 0 Å². The molecule has 0 unspecified atom stereocenters. The molecule has 2 aromatic carbocycles. The molecule has 1 nitrogen and oxygen atoms in total. The first-order valence-electron chi connectivity index (χ1n) is 7.08. The minimum Gasteiger partial charge on any atom is -0.410 e. The quantitative estimate of drug-likeness (QED) is 0.724. The van der Waals surface area contributed by atoms with E-state index in [9.17, 15) is 0 Å². The molecule has 19 heavy (non-hydrogen) atoms. The van der Waals surface area contributed by atoms with Gasteiger partial charge in [-0.05, 0) is 23.6 Å². The summed E-state index contributed by atoms with van der Waals surface area (Å²) in [4.78, 5) is 0. The third kappa shape index (κ3) is 2.96. The van der Waals surface area contributed by atoms with Crippen LogP contribution in [0.25, 0.3) is 0 Å². The van der Waals surface area contributed by atoms with Gasteiger partial charge in [0.15, 0.2) is 9.76 Å². The average Bonchev–Trinajstić information content (AvgIpc) is 2.51. The Morgan fingerprint density at radius 3 is 1.68 bits per heavy atom. The van der Waals surface area contributed by atoms with Gasteiger partial charge in [-0.1, -0.05) is 74.5 Å². The third-order valence-corrected chi connectivity index (χ3v) is 4.64. The molecule has 100 valence electrons. The number of hydrogen-bond acceptors (Lipinski definition) is 1. The maximum absolute atomic E-state index is 6.44. The lowest BCUT2D eigenvalue weighted by atomic mass is 9.84. The molecule has 0 saturated carbocycles. The van der Waals surface area contributed by atoms with Gasteiger partial charge in [0.2, 0.25) is 0 Å². The molecular formula is C17H22OSi. The zero-order valence-corrected chi connectivity index (χ0v) is 13.2. The van der Waals surface area contributed by atoms with Crippen LogP contribution >= 0.6 is 0 Å². The predicted molar refractivity (Wildman–Crippen MR) is 84.1 cm³/mol. The average molecular weight is 270 g/mol. The van der Waals surface area contributed by atoms with Crippen molar-refractivity contribution in [3.05, 3.63) is 71.8 Å². The van der Waals surface area contributed by atoms with Crippen molar-refractivity contribution < 1.29 is 4.43 Å². The zero-order valence-electron chi connectivity index (χ0n) is 11.8. The van der Waals surface area contributed by atoms with E-state index in [4.69, 9.17) is 4.43 Å². The first-order chi connectivity index (χ1) is 9.33. The summed E-state index contributed by atoms with van der Waals surface area (Å²) in [6, 6.07) is 22.4. The van der Waals surface area contributed by atoms with Gasteiger partial charge in [0.1, 0.15) is 5.60 Å². The van der Waals surface area contributed by atoms with Crippen LogP contribution < -0.4 is 0 Å². The highest BCUT2D eigenvalue weighted by Gasteiger charge is 2.32. The summed E-state index contributed by atoms with van der Waals surface area (Å²) in [5.41, 5.74) is 2.28. The highest BCUT2D eigenvalue weighted by molar-refractivity contribution is 6.27. The van der Waals surface area contributed by atoms with Crippen LogP contribution in [0.3, 0.4) is 0 Å². The topological polar surface area (TPSA) is 9.23 Å². The van der Waals surface area contributed by atoms with Crippen molar-refractivity contribution in [2.24, 2.45) is 0 Å².